The molecule has 0 aliphatic carbocycles. The smallest absolute Gasteiger partial charge is 0.378 e. The van der Waals surface area contributed by atoms with Crippen LogP contribution < -0.4 is 11.1 Å². The van der Waals surface area contributed by atoms with Crippen molar-refractivity contribution >= 4 is 23.4 Å². The fourth-order valence-corrected chi connectivity index (χ4v) is 4.93. The summed E-state index contributed by atoms with van der Waals surface area (Å²) in [6.45, 7) is 2.14. The van der Waals surface area contributed by atoms with E-state index in [2.05, 4.69) is 5.32 Å². The van der Waals surface area contributed by atoms with Crippen LogP contribution in [0.25, 0.3) is 0 Å². The van der Waals surface area contributed by atoms with Gasteiger partial charge in [0.1, 0.15) is 6.04 Å². The van der Waals surface area contributed by atoms with Gasteiger partial charge in [-0.1, -0.05) is 30.0 Å². The highest BCUT2D eigenvalue weighted by Crippen LogP contribution is 2.45. The molecule has 4 rings (SSSR count). The molecule has 0 radical (unpaired) electrons. The number of benzene rings is 2. The zero-order valence-corrected chi connectivity index (χ0v) is 17.0. The fraction of sp³-hybridized carbons (Fsp3) is 0.381. The minimum Gasteiger partial charge on any atom is -0.378 e. The zero-order chi connectivity index (χ0) is 21.3. The number of carbonyl (C=O) groups excluding carboxylic acids is 1. The number of alkyl halides is 3. The van der Waals surface area contributed by atoms with Crippen LogP contribution in [-0.2, 0) is 22.1 Å². The van der Waals surface area contributed by atoms with Gasteiger partial charge in [0, 0.05) is 41.5 Å². The summed E-state index contributed by atoms with van der Waals surface area (Å²) in [7, 11) is 0. The first kappa shape index (κ1) is 21.2. The van der Waals surface area contributed by atoms with Crippen molar-refractivity contribution in [2.75, 3.05) is 38.2 Å². The molecule has 2 aliphatic heterocycles. The van der Waals surface area contributed by atoms with E-state index in [1.807, 2.05) is 29.2 Å². The SMILES string of the molecule is NCCN1CCOC[C@H]1C(=O)Nc1cc(C(F)(F)F)cc2c1Cc1ccccc1S2. The number of ether oxygens (including phenoxy) is 1. The first-order valence-electron chi connectivity index (χ1n) is 9.69. The average molecular weight is 437 g/mol. The third-order valence-corrected chi connectivity index (χ3v) is 6.51. The maximum Gasteiger partial charge on any atom is 0.416 e. The molecule has 1 amide bonds. The number of fused-ring (bicyclic) bond motifs is 2. The quantitative estimate of drug-likeness (QED) is 0.655. The number of morpholine rings is 1. The van der Waals surface area contributed by atoms with Crippen molar-refractivity contribution in [3.8, 4) is 0 Å². The van der Waals surface area contributed by atoms with E-state index in [1.54, 1.807) is 0 Å². The van der Waals surface area contributed by atoms with Crippen LogP contribution in [0.2, 0.25) is 0 Å². The Labute approximate surface area is 176 Å². The van der Waals surface area contributed by atoms with Crippen molar-refractivity contribution in [3.05, 3.63) is 53.1 Å². The number of amides is 1. The van der Waals surface area contributed by atoms with Crippen LogP contribution in [0.3, 0.4) is 0 Å². The third-order valence-electron chi connectivity index (χ3n) is 5.31. The summed E-state index contributed by atoms with van der Waals surface area (Å²) < 4.78 is 46.0. The molecule has 2 aromatic rings. The Balaban J connectivity index is 1.68. The molecule has 1 fully saturated rings. The predicted molar refractivity (Wildman–Crippen MR) is 109 cm³/mol. The van der Waals surface area contributed by atoms with Crippen LogP contribution in [0.5, 0.6) is 0 Å². The number of rotatable bonds is 4. The van der Waals surface area contributed by atoms with Gasteiger partial charge in [0.25, 0.3) is 0 Å². The minimum atomic E-state index is -4.51. The highest BCUT2D eigenvalue weighted by atomic mass is 32.2. The van der Waals surface area contributed by atoms with E-state index >= 15 is 0 Å². The van der Waals surface area contributed by atoms with E-state index in [4.69, 9.17) is 10.5 Å². The number of nitrogens with zero attached hydrogens (tertiary/aromatic N) is 1. The minimum absolute atomic E-state index is 0.185. The van der Waals surface area contributed by atoms with E-state index in [0.29, 0.717) is 43.1 Å². The lowest BCUT2D eigenvalue weighted by molar-refractivity contribution is -0.137. The first-order valence-corrected chi connectivity index (χ1v) is 10.5. The summed E-state index contributed by atoms with van der Waals surface area (Å²) in [5, 5.41) is 2.76. The van der Waals surface area contributed by atoms with Gasteiger partial charge < -0.3 is 15.8 Å². The van der Waals surface area contributed by atoms with E-state index in [1.165, 1.54) is 11.8 Å². The fourth-order valence-electron chi connectivity index (χ4n) is 3.78. The lowest BCUT2D eigenvalue weighted by Gasteiger charge is -2.34. The second kappa shape index (κ2) is 8.58. The van der Waals surface area contributed by atoms with Crippen molar-refractivity contribution in [3.63, 3.8) is 0 Å². The topological polar surface area (TPSA) is 67.6 Å². The second-order valence-corrected chi connectivity index (χ2v) is 8.37. The maximum atomic E-state index is 13.5. The van der Waals surface area contributed by atoms with Crippen molar-refractivity contribution in [2.24, 2.45) is 5.73 Å². The van der Waals surface area contributed by atoms with Gasteiger partial charge in [-0.3, -0.25) is 9.69 Å². The highest BCUT2D eigenvalue weighted by molar-refractivity contribution is 7.99. The van der Waals surface area contributed by atoms with Crippen LogP contribution in [0.1, 0.15) is 16.7 Å². The molecule has 0 aromatic heterocycles. The molecular formula is C21H22F3N3O2S. The van der Waals surface area contributed by atoms with Crippen molar-refractivity contribution in [1.29, 1.82) is 0 Å². The Morgan fingerprint density at radius 1 is 1.27 bits per heavy atom. The number of nitrogens with two attached hydrogens (primary N) is 1. The van der Waals surface area contributed by atoms with Gasteiger partial charge in [-0.15, -0.1) is 0 Å². The van der Waals surface area contributed by atoms with Crippen LogP contribution in [0, 0.1) is 0 Å². The summed E-state index contributed by atoms with van der Waals surface area (Å²) in [5.74, 6) is -0.381. The molecular weight excluding hydrogens is 415 g/mol. The Kier molecular flexibility index (Phi) is 6.06. The van der Waals surface area contributed by atoms with Gasteiger partial charge in [-0.2, -0.15) is 13.2 Å². The van der Waals surface area contributed by atoms with E-state index in [0.717, 1.165) is 22.6 Å². The second-order valence-electron chi connectivity index (χ2n) is 7.29. The molecule has 0 saturated carbocycles. The summed E-state index contributed by atoms with van der Waals surface area (Å²) in [6.07, 6.45) is -4.05. The first-order chi connectivity index (χ1) is 14.4. The number of anilines is 1. The van der Waals surface area contributed by atoms with E-state index < -0.39 is 17.8 Å². The summed E-state index contributed by atoms with van der Waals surface area (Å²) in [4.78, 5) is 16.3. The van der Waals surface area contributed by atoms with Crippen LogP contribution in [0.15, 0.2) is 46.2 Å². The standard InChI is InChI=1S/C21H22F3N3O2S/c22-21(23,24)14-10-16(26-20(28)17-12-29-8-7-27(17)6-5-25)15-9-13-3-1-2-4-18(13)30-19(15)11-14/h1-4,10-11,17H,5-9,12,25H2,(H,26,28)/t17-/m0/s1. The number of hydrogen-bond acceptors (Lipinski definition) is 5. The molecule has 2 aliphatic rings. The third kappa shape index (κ3) is 4.34. The van der Waals surface area contributed by atoms with Gasteiger partial charge in [0.05, 0.1) is 18.8 Å². The Bertz CT molecular complexity index is 950. The normalized spacial score (nSPS) is 19.1. The monoisotopic (exact) mass is 437 g/mol. The Morgan fingerprint density at radius 2 is 2.07 bits per heavy atom. The van der Waals surface area contributed by atoms with E-state index in [-0.39, 0.29) is 18.2 Å². The summed E-state index contributed by atoms with van der Waals surface area (Å²) >= 11 is 1.30. The van der Waals surface area contributed by atoms with Crippen molar-refractivity contribution in [1.82, 2.24) is 4.90 Å². The summed E-state index contributed by atoms with van der Waals surface area (Å²) in [5.41, 5.74) is 6.78. The molecule has 2 aromatic carbocycles. The Morgan fingerprint density at radius 3 is 2.83 bits per heavy atom. The number of carbonyl (C=O) groups is 1. The van der Waals surface area contributed by atoms with Crippen LogP contribution >= 0.6 is 11.8 Å². The molecule has 3 N–H and O–H groups in total. The zero-order valence-electron chi connectivity index (χ0n) is 16.2. The van der Waals surface area contributed by atoms with Crippen LogP contribution in [0.4, 0.5) is 18.9 Å². The van der Waals surface area contributed by atoms with Gasteiger partial charge in [-0.05, 0) is 29.3 Å². The van der Waals surface area contributed by atoms with Gasteiger partial charge in [0.15, 0.2) is 0 Å². The van der Waals surface area contributed by atoms with Crippen molar-refractivity contribution in [2.45, 2.75) is 28.4 Å². The summed E-state index contributed by atoms with van der Waals surface area (Å²) in [6, 6.07) is 9.21. The largest absolute Gasteiger partial charge is 0.416 e. The molecule has 0 unspecified atom stereocenters. The molecule has 5 nitrogen and oxygen atoms in total. The van der Waals surface area contributed by atoms with Gasteiger partial charge in [0.2, 0.25) is 5.91 Å². The number of nitrogens with one attached hydrogen (secondary N) is 1. The average Bonchev–Trinajstić information content (AvgIpc) is 2.72. The lowest BCUT2D eigenvalue weighted by Crippen LogP contribution is -2.53. The molecule has 1 atom stereocenters. The molecule has 2 heterocycles. The Hall–Kier alpha value is -2.07. The maximum absolute atomic E-state index is 13.5. The highest BCUT2D eigenvalue weighted by Gasteiger charge is 2.35. The molecule has 160 valence electrons. The molecule has 0 bridgehead atoms. The van der Waals surface area contributed by atoms with E-state index in [9.17, 15) is 18.0 Å². The van der Waals surface area contributed by atoms with Gasteiger partial charge in [-0.25, -0.2) is 0 Å². The van der Waals surface area contributed by atoms with Gasteiger partial charge >= 0.3 is 6.18 Å². The molecule has 0 spiro atoms. The molecule has 1 saturated heterocycles. The number of halogens is 3. The predicted octanol–water partition coefficient (Wildman–Crippen LogP) is 3.36. The van der Waals surface area contributed by atoms with Crippen LogP contribution in [-0.4, -0.2) is 49.7 Å². The lowest BCUT2D eigenvalue weighted by atomic mass is 9.99. The van der Waals surface area contributed by atoms with Crippen molar-refractivity contribution < 1.29 is 22.7 Å². The molecule has 9 heteroatoms. The number of hydrogen-bond donors (Lipinski definition) is 2. The molecule has 30 heavy (non-hydrogen) atoms.